The molecule has 0 unspecified atom stereocenters. The standard InChI is InChI=1S/C5H11NO2.ClH/c1-4(2-3-6)5(7)8;/h4H,2-3,6H2,1H3,(H,7,8);1H/t4-;/m0./s1. The first-order valence-electron chi connectivity index (χ1n) is 2.61. The maximum absolute atomic E-state index is 10.0. The Labute approximate surface area is 60.6 Å². The molecular formula is C5H12ClNO2. The normalized spacial score (nSPS) is 11.8. The fraction of sp³-hybridized carbons (Fsp3) is 0.800. The van der Waals surface area contributed by atoms with Crippen molar-refractivity contribution < 1.29 is 9.90 Å². The van der Waals surface area contributed by atoms with Crippen LogP contribution in [0.5, 0.6) is 0 Å². The van der Waals surface area contributed by atoms with E-state index in [1.807, 2.05) is 0 Å². The maximum atomic E-state index is 10.0. The lowest BCUT2D eigenvalue weighted by atomic mass is 10.1. The van der Waals surface area contributed by atoms with Gasteiger partial charge in [-0.3, -0.25) is 4.79 Å². The summed E-state index contributed by atoms with van der Waals surface area (Å²) in [6, 6.07) is 0. The number of nitrogens with two attached hydrogens (primary N) is 1. The Morgan fingerprint density at radius 1 is 1.78 bits per heavy atom. The summed E-state index contributed by atoms with van der Waals surface area (Å²) in [5, 5.41) is 8.26. The van der Waals surface area contributed by atoms with E-state index < -0.39 is 5.97 Å². The SMILES string of the molecule is C[C@@H](CCN)C(=O)O.Cl. The molecule has 0 rings (SSSR count). The van der Waals surface area contributed by atoms with E-state index in [1.54, 1.807) is 6.92 Å². The van der Waals surface area contributed by atoms with Gasteiger partial charge < -0.3 is 10.8 Å². The number of hydrogen-bond donors (Lipinski definition) is 2. The van der Waals surface area contributed by atoms with Crippen LogP contribution in [0.4, 0.5) is 0 Å². The average molecular weight is 154 g/mol. The molecular weight excluding hydrogens is 142 g/mol. The van der Waals surface area contributed by atoms with Crippen LogP contribution in [-0.4, -0.2) is 17.6 Å². The van der Waals surface area contributed by atoms with Gasteiger partial charge in [0.15, 0.2) is 0 Å². The Bertz CT molecular complexity index is 87.0. The van der Waals surface area contributed by atoms with Crippen molar-refractivity contribution in [1.29, 1.82) is 0 Å². The quantitative estimate of drug-likeness (QED) is 0.620. The molecule has 0 bridgehead atoms. The molecule has 0 aliphatic carbocycles. The minimum absolute atomic E-state index is 0. The number of aliphatic carboxylic acids is 1. The predicted octanol–water partition coefficient (Wildman–Crippen LogP) is 0.478. The van der Waals surface area contributed by atoms with Gasteiger partial charge in [-0.2, -0.15) is 0 Å². The number of halogens is 1. The van der Waals surface area contributed by atoms with Gasteiger partial charge in [-0.05, 0) is 13.0 Å². The van der Waals surface area contributed by atoms with Crippen LogP contribution in [0.1, 0.15) is 13.3 Å². The molecule has 0 radical (unpaired) electrons. The molecule has 4 heteroatoms. The number of rotatable bonds is 3. The lowest BCUT2D eigenvalue weighted by Crippen LogP contribution is -2.14. The van der Waals surface area contributed by atoms with Gasteiger partial charge in [-0.25, -0.2) is 0 Å². The smallest absolute Gasteiger partial charge is 0.306 e. The second-order valence-electron chi connectivity index (χ2n) is 1.82. The molecule has 0 aromatic heterocycles. The van der Waals surface area contributed by atoms with E-state index in [0.29, 0.717) is 13.0 Å². The molecule has 0 aliphatic rings. The van der Waals surface area contributed by atoms with E-state index in [0.717, 1.165) is 0 Å². The third-order valence-corrected chi connectivity index (χ3v) is 1.02. The highest BCUT2D eigenvalue weighted by molar-refractivity contribution is 5.85. The van der Waals surface area contributed by atoms with Gasteiger partial charge in [0.2, 0.25) is 0 Å². The molecule has 3 N–H and O–H groups in total. The number of hydrogen-bond acceptors (Lipinski definition) is 2. The first kappa shape index (κ1) is 11.5. The van der Waals surface area contributed by atoms with Crippen molar-refractivity contribution in [2.45, 2.75) is 13.3 Å². The summed E-state index contributed by atoms with van der Waals surface area (Å²) in [6.45, 7) is 2.10. The molecule has 0 heterocycles. The molecule has 0 fully saturated rings. The molecule has 0 saturated carbocycles. The van der Waals surface area contributed by atoms with E-state index >= 15 is 0 Å². The molecule has 0 saturated heterocycles. The predicted molar refractivity (Wildman–Crippen MR) is 37.7 cm³/mol. The van der Waals surface area contributed by atoms with E-state index in [1.165, 1.54) is 0 Å². The van der Waals surface area contributed by atoms with Crippen molar-refractivity contribution in [3.05, 3.63) is 0 Å². The molecule has 9 heavy (non-hydrogen) atoms. The van der Waals surface area contributed by atoms with Crippen LogP contribution in [0.2, 0.25) is 0 Å². The maximum Gasteiger partial charge on any atom is 0.306 e. The monoisotopic (exact) mass is 153 g/mol. The van der Waals surface area contributed by atoms with E-state index in [-0.39, 0.29) is 18.3 Å². The summed E-state index contributed by atoms with van der Waals surface area (Å²) in [6.07, 6.45) is 0.565. The zero-order chi connectivity index (χ0) is 6.57. The van der Waals surface area contributed by atoms with E-state index in [2.05, 4.69) is 0 Å². The molecule has 0 aromatic rings. The Balaban J connectivity index is 0. The van der Waals surface area contributed by atoms with Crippen molar-refractivity contribution in [3.8, 4) is 0 Å². The third kappa shape index (κ3) is 5.59. The van der Waals surface area contributed by atoms with Crippen LogP contribution in [-0.2, 0) is 4.79 Å². The molecule has 0 amide bonds. The molecule has 56 valence electrons. The topological polar surface area (TPSA) is 63.3 Å². The summed E-state index contributed by atoms with van der Waals surface area (Å²) in [7, 11) is 0. The molecule has 0 aliphatic heterocycles. The second kappa shape index (κ2) is 5.85. The van der Waals surface area contributed by atoms with Crippen LogP contribution in [0.3, 0.4) is 0 Å². The molecule has 0 aromatic carbocycles. The fourth-order valence-corrected chi connectivity index (χ4v) is 0.373. The first-order chi connectivity index (χ1) is 3.68. The van der Waals surface area contributed by atoms with Crippen LogP contribution in [0.25, 0.3) is 0 Å². The van der Waals surface area contributed by atoms with Crippen molar-refractivity contribution in [3.63, 3.8) is 0 Å². The second-order valence-corrected chi connectivity index (χ2v) is 1.82. The van der Waals surface area contributed by atoms with Crippen LogP contribution >= 0.6 is 12.4 Å². The summed E-state index contributed by atoms with van der Waals surface area (Å²) in [4.78, 5) is 10.0. The Morgan fingerprint density at radius 3 is 2.33 bits per heavy atom. The minimum atomic E-state index is -0.768. The zero-order valence-electron chi connectivity index (χ0n) is 5.33. The van der Waals surface area contributed by atoms with Gasteiger partial charge >= 0.3 is 5.97 Å². The first-order valence-corrected chi connectivity index (χ1v) is 2.61. The fourth-order valence-electron chi connectivity index (χ4n) is 0.373. The van der Waals surface area contributed by atoms with Crippen LogP contribution in [0.15, 0.2) is 0 Å². The van der Waals surface area contributed by atoms with Crippen LogP contribution < -0.4 is 5.73 Å². The summed E-state index contributed by atoms with van der Waals surface area (Å²) >= 11 is 0. The van der Waals surface area contributed by atoms with E-state index in [9.17, 15) is 4.79 Å². The largest absolute Gasteiger partial charge is 0.481 e. The van der Waals surface area contributed by atoms with Gasteiger partial charge in [0.1, 0.15) is 0 Å². The Morgan fingerprint density at radius 2 is 2.22 bits per heavy atom. The third-order valence-electron chi connectivity index (χ3n) is 1.02. The lowest BCUT2D eigenvalue weighted by molar-refractivity contribution is -0.141. The number of carboxylic acids is 1. The van der Waals surface area contributed by atoms with Crippen LogP contribution in [0, 0.1) is 5.92 Å². The van der Waals surface area contributed by atoms with Crippen molar-refractivity contribution in [2.75, 3.05) is 6.54 Å². The number of carbonyl (C=O) groups is 1. The van der Waals surface area contributed by atoms with E-state index in [4.69, 9.17) is 10.8 Å². The molecule has 3 nitrogen and oxygen atoms in total. The number of carboxylic acid groups (broad SMARTS) is 1. The highest BCUT2D eigenvalue weighted by atomic mass is 35.5. The molecule has 1 atom stereocenters. The zero-order valence-corrected chi connectivity index (χ0v) is 6.15. The minimum Gasteiger partial charge on any atom is -0.481 e. The van der Waals surface area contributed by atoms with Crippen molar-refractivity contribution in [2.24, 2.45) is 11.7 Å². The lowest BCUT2D eigenvalue weighted by Gasteiger charge is -2.00. The highest BCUT2D eigenvalue weighted by Crippen LogP contribution is 1.97. The summed E-state index contributed by atoms with van der Waals surface area (Å²) in [5.74, 6) is -1.06. The Kier molecular flexibility index (Phi) is 7.48. The average Bonchev–Trinajstić information content (AvgIpc) is 1.67. The van der Waals surface area contributed by atoms with Gasteiger partial charge in [0.25, 0.3) is 0 Å². The summed E-state index contributed by atoms with van der Waals surface area (Å²) in [5.41, 5.74) is 5.10. The van der Waals surface area contributed by atoms with Crippen molar-refractivity contribution in [1.82, 2.24) is 0 Å². The Hall–Kier alpha value is -0.280. The van der Waals surface area contributed by atoms with Gasteiger partial charge in [0, 0.05) is 0 Å². The molecule has 0 spiro atoms. The highest BCUT2D eigenvalue weighted by Gasteiger charge is 2.07. The summed E-state index contributed by atoms with van der Waals surface area (Å²) < 4.78 is 0. The van der Waals surface area contributed by atoms with Gasteiger partial charge in [-0.1, -0.05) is 6.92 Å². The van der Waals surface area contributed by atoms with Gasteiger partial charge in [0.05, 0.1) is 5.92 Å². The van der Waals surface area contributed by atoms with Crippen molar-refractivity contribution >= 4 is 18.4 Å². The van der Waals surface area contributed by atoms with Gasteiger partial charge in [-0.15, -0.1) is 12.4 Å².